The topological polar surface area (TPSA) is 52.0 Å². The van der Waals surface area contributed by atoms with Gasteiger partial charge in [-0.2, -0.15) is 5.10 Å². The molecule has 3 rings (SSSR count). The molecule has 2 fully saturated rings. The van der Waals surface area contributed by atoms with Crippen molar-refractivity contribution in [1.82, 2.24) is 9.78 Å². The largest absolute Gasteiger partial charge is 0.274 e. The molecule has 1 atom stereocenters. The average Bonchev–Trinajstić information content (AvgIpc) is 3.02. The van der Waals surface area contributed by atoms with Crippen LogP contribution in [-0.4, -0.2) is 23.4 Å². The maximum atomic E-state index is 12.5. The highest BCUT2D eigenvalue weighted by Crippen LogP contribution is 2.52. The third-order valence-electron chi connectivity index (χ3n) is 4.77. The van der Waals surface area contributed by atoms with Crippen LogP contribution in [-0.2, 0) is 16.9 Å². The predicted octanol–water partition coefficient (Wildman–Crippen LogP) is 2.31. The van der Waals surface area contributed by atoms with Gasteiger partial charge in [-0.1, -0.05) is 12.8 Å². The summed E-state index contributed by atoms with van der Waals surface area (Å²) in [5, 5.41) is 3.80. The van der Waals surface area contributed by atoms with E-state index in [0.29, 0.717) is 10.3 Å². The van der Waals surface area contributed by atoms with E-state index in [4.69, 9.17) is 0 Å². The monoisotopic (exact) mass is 268 g/mol. The molecule has 18 heavy (non-hydrogen) atoms. The van der Waals surface area contributed by atoms with Gasteiger partial charge in [0.05, 0.1) is 11.4 Å². The molecule has 0 radical (unpaired) electrons. The van der Waals surface area contributed by atoms with E-state index in [1.807, 2.05) is 0 Å². The SMILES string of the molecule is Cn1cc(S(=O)(=O)C2CCC3(CCCC3)C2)cn1. The van der Waals surface area contributed by atoms with E-state index in [2.05, 4.69) is 5.10 Å². The molecule has 1 aromatic rings. The molecular weight excluding hydrogens is 248 g/mol. The molecule has 1 heterocycles. The maximum absolute atomic E-state index is 12.5. The van der Waals surface area contributed by atoms with Crippen LogP contribution in [0.1, 0.15) is 44.9 Å². The Hall–Kier alpha value is -0.840. The lowest BCUT2D eigenvalue weighted by molar-refractivity contribution is 0.309. The molecular formula is C13H20N2O2S. The van der Waals surface area contributed by atoms with E-state index in [0.717, 1.165) is 19.3 Å². The zero-order valence-corrected chi connectivity index (χ0v) is 11.6. The van der Waals surface area contributed by atoms with E-state index in [1.54, 1.807) is 17.9 Å². The van der Waals surface area contributed by atoms with Gasteiger partial charge in [0.25, 0.3) is 0 Å². The summed E-state index contributed by atoms with van der Waals surface area (Å²) in [6, 6.07) is 0. The molecule has 4 nitrogen and oxygen atoms in total. The normalized spacial score (nSPS) is 27.1. The van der Waals surface area contributed by atoms with Crippen molar-refractivity contribution in [3.05, 3.63) is 12.4 Å². The van der Waals surface area contributed by atoms with E-state index in [-0.39, 0.29) is 5.25 Å². The van der Waals surface area contributed by atoms with Crippen LogP contribution >= 0.6 is 0 Å². The first-order valence-electron chi connectivity index (χ1n) is 6.74. The fourth-order valence-electron chi connectivity index (χ4n) is 3.74. The highest BCUT2D eigenvalue weighted by Gasteiger charge is 2.45. The zero-order chi connectivity index (χ0) is 12.8. The molecule has 1 unspecified atom stereocenters. The smallest absolute Gasteiger partial charge is 0.184 e. The van der Waals surface area contributed by atoms with E-state index < -0.39 is 9.84 Å². The van der Waals surface area contributed by atoms with E-state index >= 15 is 0 Å². The lowest BCUT2D eigenvalue weighted by Crippen LogP contribution is -2.20. The lowest BCUT2D eigenvalue weighted by Gasteiger charge is -2.22. The molecule has 2 aliphatic carbocycles. The number of rotatable bonds is 2. The van der Waals surface area contributed by atoms with Crippen LogP contribution in [0.5, 0.6) is 0 Å². The van der Waals surface area contributed by atoms with Gasteiger partial charge in [-0.25, -0.2) is 8.42 Å². The Morgan fingerprint density at radius 3 is 2.67 bits per heavy atom. The lowest BCUT2D eigenvalue weighted by atomic mass is 9.85. The van der Waals surface area contributed by atoms with Crippen molar-refractivity contribution < 1.29 is 8.42 Å². The Morgan fingerprint density at radius 1 is 1.33 bits per heavy atom. The van der Waals surface area contributed by atoms with Crippen molar-refractivity contribution in [3.8, 4) is 0 Å². The average molecular weight is 268 g/mol. The number of sulfone groups is 1. The second-order valence-electron chi connectivity index (χ2n) is 5.97. The molecule has 0 saturated heterocycles. The van der Waals surface area contributed by atoms with Gasteiger partial charge in [0, 0.05) is 13.2 Å². The summed E-state index contributed by atoms with van der Waals surface area (Å²) < 4.78 is 26.6. The molecule has 2 saturated carbocycles. The standard InChI is InChI=1S/C13H20N2O2S/c1-15-10-12(9-14-15)18(16,17)11-4-7-13(8-11)5-2-3-6-13/h9-11H,2-8H2,1H3. The van der Waals surface area contributed by atoms with Crippen LogP contribution in [0.4, 0.5) is 0 Å². The van der Waals surface area contributed by atoms with Gasteiger partial charge in [0.2, 0.25) is 0 Å². The summed E-state index contributed by atoms with van der Waals surface area (Å²) in [5.41, 5.74) is 0.347. The number of aryl methyl sites for hydroxylation is 1. The van der Waals surface area contributed by atoms with Crippen molar-refractivity contribution in [2.45, 2.75) is 55.1 Å². The second kappa shape index (κ2) is 4.08. The molecule has 1 aromatic heterocycles. The van der Waals surface area contributed by atoms with E-state index in [9.17, 15) is 8.42 Å². The van der Waals surface area contributed by atoms with Gasteiger partial charge >= 0.3 is 0 Å². The Balaban J connectivity index is 1.83. The van der Waals surface area contributed by atoms with Gasteiger partial charge in [-0.05, 0) is 37.5 Å². The molecule has 100 valence electrons. The first-order chi connectivity index (χ1) is 8.52. The fraction of sp³-hybridized carbons (Fsp3) is 0.769. The Bertz CT molecular complexity index is 541. The van der Waals surface area contributed by atoms with E-state index in [1.165, 1.54) is 31.9 Å². The van der Waals surface area contributed by atoms with Gasteiger partial charge in [0.15, 0.2) is 9.84 Å². The number of hydrogen-bond donors (Lipinski definition) is 0. The summed E-state index contributed by atoms with van der Waals surface area (Å²) in [4.78, 5) is 0.394. The number of nitrogens with zero attached hydrogens (tertiary/aromatic N) is 2. The molecule has 0 aromatic carbocycles. The Morgan fingerprint density at radius 2 is 2.06 bits per heavy atom. The van der Waals surface area contributed by atoms with Crippen LogP contribution < -0.4 is 0 Å². The van der Waals surface area contributed by atoms with Crippen LogP contribution in [0.25, 0.3) is 0 Å². The summed E-state index contributed by atoms with van der Waals surface area (Å²) in [5.74, 6) is 0. The molecule has 1 spiro atoms. The highest BCUT2D eigenvalue weighted by molar-refractivity contribution is 7.92. The summed E-state index contributed by atoms with van der Waals surface area (Å²) in [7, 11) is -1.41. The number of hydrogen-bond acceptors (Lipinski definition) is 3. The van der Waals surface area contributed by atoms with Crippen molar-refractivity contribution in [2.75, 3.05) is 0 Å². The third kappa shape index (κ3) is 1.88. The van der Waals surface area contributed by atoms with Crippen LogP contribution in [0.15, 0.2) is 17.3 Å². The zero-order valence-electron chi connectivity index (χ0n) is 10.8. The first-order valence-corrected chi connectivity index (χ1v) is 8.29. The quantitative estimate of drug-likeness (QED) is 0.827. The fourth-order valence-corrected chi connectivity index (χ4v) is 5.62. The highest BCUT2D eigenvalue weighted by atomic mass is 32.2. The molecule has 2 aliphatic rings. The molecule has 5 heteroatoms. The third-order valence-corrected chi connectivity index (χ3v) is 6.92. The number of aromatic nitrogens is 2. The molecule has 0 N–H and O–H groups in total. The Labute approximate surface area is 108 Å². The van der Waals surface area contributed by atoms with Crippen molar-refractivity contribution >= 4 is 9.84 Å². The van der Waals surface area contributed by atoms with Crippen LogP contribution in [0.3, 0.4) is 0 Å². The minimum atomic E-state index is -3.16. The van der Waals surface area contributed by atoms with Crippen molar-refractivity contribution in [3.63, 3.8) is 0 Å². The van der Waals surface area contributed by atoms with Gasteiger partial charge in [-0.15, -0.1) is 0 Å². The van der Waals surface area contributed by atoms with Crippen molar-refractivity contribution in [2.24, 2.45) is 12.5 Å². The minimum Gasteiger partial charge on any atom is -0.274 e. The molecule has 0 bridgehead atoms. The summed E-state index contributed by atoms with van der Waals surface area (Å²) in [6.45, 7) is 0. The minimum absolute atomic E-state index is 0.181. The maximum Gasteiger partial charge on any atom is 0.184 e. The summed E-state index contributed by atoms with van der Waals surface area (Å²) >= 11 is 0. The van der Waals surface area contributed by atoms with Gasteiger partial charge in [-0.3, -0.25) is 4.68 Å². The summed E-state index contributed by atoms with van der Waals surface area (Å²) in [6.07, 6.45) is 10.9. The van der Waals surface area contributed by atoms with Crippen LogP contribution in [0.2, 0.25) is 0 Å². The Kier molecular flexibility index (Phi) is 2.77. The first kappa shape index (κ1) is 12.2. The molecule has 0 amide bonds. The van der Waals surface area contributed by atoms with Crippen molar-refractivity contribution in [1.29, 1.82) is 0 Å². The second-order valence-corrected chi connectivity index (χ2v) is 8.19. The van der Waals surface area contributed by atoms with Gasteiger partial charge < -0.3 is 0 Å². The predicted molar refractivity (Wildman–Crippen MR) is 68.9 cm³/mol. The van der Waals surface area contributed by atoms with Gasteiger partial charge in [0.1, 0.15) is 4.90 Å². The molecule has 0 aliphatic heterocycles. The van der Waals surface area contributed by atoms with Crippen LogP contribution in [0, 0.1) is 5.41 Å².